The number of benzene rings is 1. The second-order valence-electron chi connectivity index (χ2n) is 5.56. The first-order valence-corrected chi connectivity index (χ1v) is 6.99. The smallest absolute Gasteiger partial charge is 0.248 e. The summed E-state index contributed by atoms with van der Waals surface area (Å²) in [5, 5.41) is 0. The van der Waals surface area contributed by atoms with Crippen LogP contribution in [0.2, 0.25) is 0 Å². The average molecular weight is 270 g/mol. The van der Waals surface area contributed by atoms with E-state index in [0.717, 1.165) is 17.1 Å². The van der Waals surface area contributed by atoms with E-state index in [2.05, 4.69) is 30.5 Å². The molecular weight excluding hydrogens is 250 g/mol. The van der Waals surface area contributed by atoms with Gasteiger partial charge in [0.25, 0.3) is 0 Å². The van der Waals surface area contributed by atoms with Gasteiger partial charge in [-0.2, -0.15) is 0 Å². The van der Waals surface area contributed by atoms with E-state index < -0.39 is 0 Å². The molecule has 2 aromatic rings. The Labute approximate surface area is 119 Å². The fraction of sp³-hybridized carbons (Fsp3) is 0.375. The molecule has 0 radical (unpaired) electrons. The number of aryl methyl sites for hydroxylation is 1. The summed E-state index contributed by atoms with van der Waals surface area (Å²) in [6, 6.07) is 8.48. The van der Waals surface area contributed by atoms with E-state index in [1.807, 2.05) is 42.5 Å². The minimum absolute atomic E-state index is 0.263. The number of rotatable bonds is 3. The molecule has 0 saturated heterocycles. The summed E-state index contributed by atoms with van der Waals surface area (Å²) in [6.45, 7) is 5.04. The van der Waals surface area contributed by atoms with Crippen molar-refractivity contribution in [2.45, 2.75) is 19.9 Å². The zero-order valence-electron chi connectivity index (χ0n) is 12.2. The van der Waals surface area contributed by atoms with E-state index in [-0.39, 0.29) is 6.04 Å². The SMILES string of the molecule is CC(C)[C@H]1COC(c2ccccc2-n2cc[n+](C)c2)=N1. The van der Waals surface area contributed by atoms with Crippen molar-refractivity contribution in [1.82, 2.24) is 4.57 Å². The van der Waals surface area contributed by atoms with Crippen LogP contribution in [0.4, 0.5) is 0 Å². The van der Waals surface area contributed by atoms with Gasteiger partial charge < -0.3 is 4.74 Å². The van der Waals surface area contributed by atoms with Gasteiger partial charge in [-0.1, -0.05) is 26.0 Å². The molecule has 1 atom stereocenters. The zero-order chi connectivity index (χ0) is 14.1. The van der Waals surface area contributed by atoms with E-state index in [4.69, 9.17) is 9.73 Å². The molecular formula is C16H20N3O+. The maximum absolute atomic E-state index is 5.81. The van der Waals surface area contributed by atoms with Crippen molar-refractivity contribution in [3.8, 4) is 5.69 Å². The van der Waals surface area contributed by atoms with Crippen molar-refractivity contribution < 1.29 is 9.30 Å². The molecule has 2 heterocycles. The van der Waals surface area contributed by atoms with Crippen LogP contribution in [0.25, 0.3) is 5.69 Å². The topological polar surface area (TPSA) is 30.4 Å². The number of ether oxygens (including phenoxy) is 1. The Kier molecular flexibility index (Phi) is 3.30. The molecule has 1 aliphatic rings. The van der Waals surface area contributed by atoms with E-state index in [0.29, 0.717) is 12.5 Å². The highest BCUT2D eigenvalue weighted by atomic mass is 16.5. The Morgan fingerprint density at radius 1 is 1.35 bits per heavy atom. The van der Waals surface area contributed by atoms with E-state index in [9.17, 15) is 0 Å². The van der Waals surface area contributed by atoms with Crippen LogP contribution < -0.4 is 4.57 Å². The molecule has 0 N–H and O–H groups in total. The van der Waals surface area contributed by atoms with Gasteiger partial charge in [-0.15, -0.1) is 0 Å². The zero-order valence-corrected chi connectivity index (χ0v) is 12.2. The van der Waals surface area contributed by atoms with Crippen LogP contribution in [0.3, 0.4) is 0 Å². The third-order valence-corrected chi connectivity index (χ3v) is 3.63. The van der Waals surface area contributed by atoms with Gasteiger partial charge >= 0.3 is 0 Å². The molecule has 20 heavy (non-hydrogen) atoms. The molecule has 0 fully saturated rings. The van der Waals surface area contributed by atoms with Crippen molar-refractivity contribution >= 4 is 5.90 Å². The molecule has 4 nitrogen and oxygen atoms in total. The van der Waals surface area contributed by atoms with E-state index in [1.54, 1.807) is 0 Å². The van der Waals surface area contributed by atoms with Crippen molar-refractivity contribution in [2.24, 2.45) is 18.0 Å². The predicted octanol–water partition coefficient (Wildman–Crippen LogP) is 2.10. The number of hydrogen-bond acceptors (Lipinski definition) is 2. The van der Waals surface area contributed by atoms with Crippen molar-refractivity contribution in [3.63, 3.8) is 0 Å². The van der Waals surface area contributed by atoms with Gasteiger partial charge in [-0.3, -0.25) is 0 Å². The molecule has 1 aromatic carbocycles. The highest BCUT2D eigenvalue weighted by Gasteiger charge is 2.25. The normalized spacial score (nSPS) is 18.2. The van der Waals surface area contributed by atoms with E-state index in [1.165, 1.54) is 0 Å². The maximum atomic E-state index is 5.81. The summed E-state index contributed by atoms with van der Waals surface area (Å²) in [6.07, 6.45) is 6.09. The monoisotopic (exact) mass is 270 g/mol. The number of imidazole rings is 1. The minimum atomic E-state index is 0.263. The van der Waals surface area contributed by atoms with Gasteiger partial charge in [0.05, 0.1) is 18.7 Å². The van der Waals surface area contributed by atoms with Gasteiger partial charge in [-0.05, 0) is 18.1 Å². The molecule has 0 saturated carbocycles. The van der Waals surface area contributed by atoms with Crippen LogP contribution in [-0.4, -0.2) is 23.1 Å². The molecule has 1 aromatic heterocycles. The Morgan fingerprint density at radius 2 is 2.15 bits per heavy atom. The molecule has 1 aliphatic heterocycles. The molecule has 0 unspecified atom stereocenters. The summed E-state index contributed by atoms with van der Waals surface area (Å²) in [4.78, 5) is 4.73. The van der Waals surface area contributed by atoms with Gasteiger partial charge in [0.15, 0.2) is 0 Å². The Hall–Kier alpha value is -2.10. The first kappa shape index (κ1) is 12.9. The fourth-order valence-electron chi connectivity index (χ4n) is 2.35. The lowest BCUT2D eigenvalue weighted by atomic mass is 10.1. The highest BCUT2D eigenvalue weighted by molar-refractivity contribution is 5.98. The number of aliphatic imine (C=N–C) groups is 1. The first-order valence-electron chi connectivity index (χ1n) is 6.99. The summed E-state index contributed by atoms with van der Waals surface area (Å²) < 4.78 is 9.92. The second kappa shape index (κ2) is 5.12. The molecule has 3 rings (SSSR count). The maximum Gasteiger partial charge on any atom is 0.248 e. The fourth-order valence-corrected chi connectivity index (χ4v) is 2.35. The van der Waals surface area contributed by atoms with Crippen LogP contribution in [-0.2, 0) is 11.8 Å². The van der Waals surface area contributed by atoms with Gasteiger partial charge in [0, 0.05) is 0 Å². The van der Waals surface area contributed by atoms with Crippen LogP contribution in [0.1, 0.15) is 19.4 Å². The number of hydrogen-bond donors (Lipinski definition) is 0. The van der Waals surface area contributed by atoms with Crippen LogP contribution in [0.5, 0.6) is 0 Å². The third-order valence-electron chi connectivity index (χ3n) is 3.63. The summed E-state index contributed by atoms with van der Waals surface area (Å²) in [5.74, 6) is 1.26. The minimum Gasteiger partial charge on any atom is -0.475 e. The summed E-state index contributed by atoms with van der Waals surface area (Å²) >= 11 is 0. The lowest BCUT2D eigenvalue weighted by Crippen LogP contribution is -2.23. The van der Waals surface area contributed by atoms with Gasteiger partial charge in [-0.25, -0.2) is 14.1 Å². The molecule has 0 aliphatic carbocycles. The third kappa shape index (κ3) is 2.33. The Bertz CT molecular complexity index is 643. The standard InChI is InChI=1S/C16H20N3O/c1-12(2)14-10-20-16(17-14)13-6-4-5-7-15(13)19-9-8-18(3)11-19/h4-9,11-12,14H,10H2,1-3H3/q+1/t14-/m1/s1. The quantitative estimate of drug-likeness (QED) is 0.786. The molecule has 4 heteroatoms. The van der Waals surface area contributed by atoms with Crippen LogP contribution in [0.15, 0.2) is 48.0 Å². The summed E-state index contributed by atoms with van der Waals surface area (Å²) in [7, 11) is 2.01. The molecule has 0 bridgehead atoms. The second-order valence-corrected chi connectivity index (χ2v) is 5.56. The summed E-state index contributed by atoms with van der Waals surface area (Å²) in [5.41, 5.74) is 2.14. The highest BCUT2D eigenvalue weighted by Crippen LogP contribution is 2.21. The van der Waals surface area contributed by atoms with Crippen molar-refractivity contribution in [1.29, 1.82) is 0 Å². The van der Waals surface area contributed by atoms with Crippen LogP contribution >= 0.6 is 0 Å². The molecule has 0 amide bonds. The van der Waals surface area contributed by atoms with Crippen molar-refractivity contribution in [3.05, 3.63) is 48.5 Å². The van der Waals surface area contributed by atoms with E-state index >= 15 is 0 Å². The largest absolute Gasteiger partial charge is 0.475 e. The first-order chi connectivity index (χ1) is 9.65. The number of nitrogens with zero attached hydrogens (tertiary/aromatic N) is 3. The molecule has 0 spiro atoms. The Morgan fingerprint density at radius 3 is 2.80 bits per heavy atom. The molecule has 104 valence electrons. The number of para-hydroxylation sites is 1. The average Bonchev–Trinajstić information content (AvgIpc) is 3.07. The lowest BCUT2D eigenvalue weighted by Gasteiger charge is -2.06. The Balaban J connectivity index is 2.01. The van der Waals surface area contributed by atoms with Crippen molar-refractivity contribution in [2.75, 3.05) is 6.61 Å². The number of aromatic nitrogens is 2. The van der Waals surface area contributed by atoms with Gasteiger partial charge in [0.2, 0.25) is 12.2 Å². The predicted molar refractivity (Wildman–Crippen MR) is 78.1 cm³/mol. The van der Waals surface area contributed by atoms with Gasteiger partial charge in [0.1, 0.15) is 24.7 Å². The van der Waals surface area contributed by atoms with Crippen LogP contribution in [0, 0.1) is 5.92 Å². The lowest BCUT2D eigenvalue weighted by molar-refractivity contribution is -0.670.